The first-order valence-electron chi connectivity index (χ1n) is 8.32. The average molecular weight is 314 g/mol. The van der Waals surface area contributed by atoms with Gasteiger partial charge in [0.25, 0.3) is 0 Å². The number of nitrogens with one attached hydrogen (secondary N) is 1. The lowest BCUT2D eigenvalue weighted by Crippen LogP contribution is -2.34. The largest absolute Gasteiger partial charge is 0.497 e. The zero-order valence-electron chi connectivity index (χ0n) is 14.0. The molecule has 2 aromatic rings. The standard InChI is InChI=1S/C18H26N4O/c1-21-14-15(12-20-21)11-19-13-18(22-9-3-4-10-22)16-5-7-17(23-2)8-6-16/h5-8,12,14,18-19H,3-4,9-11,13H2,1-2H3. The van der Waals surface area contributed by atoms with Gasteiger partial charge in [0.05, 0.1) is 13.3 Å². The summed E-state index contributed by atoms with van der Waals surface area (Å²) in [4.78, 5) is 2.58. The molecule has 5 heteroatoms. The van der Waals surface area contributed by atoms with Crippen LogP contribution in [0, 0.1) is 0 Å². The van der Waals surface area contributed by atoms with E-state index in [-0.39, 0.29) is 0 Å². The van der Waals surface area contributed by atoms with Crippen molar-refractivity contribution in [2.75, 3.05) is 26.7 Å². The van der Waals surface area contributed by atoms with Crippen LogP contribution < -0.4 is 10.1 Å². The molecule has 1 N–H and O–H groups in total. The molecule has 0 radical (unpaired) electrons. The number of aryl methyl sites for hydroxylation is 1. The zero-order valence-corrected chi connectivity index (χ0v) is 14.0. The van der Waals surface area contributed by atoms with Crippen LogP contribution in [0.3, 0.4) is 0 Å². The van der Waals surface area contributed by atoms with Gasteiger partial charge >= 0.3 is 0 Å². The summed E-state index contributed by atoms with van der Waals surface area (Å²) in [6.45, 7) is 4.17. The van der Waals surface area contributed by atoms with E-state index in [4.69, 9.17) is 4.74 Å². The lowest BCUT2D eigenvalue weighted by atomic mass is 10.1. The van der Waals surface area contributed by atoms with E-state index in [9.17, 15) is 0 Å². The molecule has 0 saturated carbocycles. The highest BCUT2D eigenvalue weighted by Gasteiger charge is 2.23. The highest BCUT2D eigenvalue weighted by molar-refractivity contribution is 5.29. The van der Waals surface area contributed by atoms with E-state index in [1.54, 1.807) is 7.11 Å². The second kappa shape index (κ2) is 7.62. The number of rotatable bonds is 7. The maximum atomic E-state index is 5.28. The van der Waals surface area contributed by atoms with E-state index in [0.29, 0.717) is 6.04 Å². The SMILES string of the molecule is COc1ccc(C(CNCc2cnn(C)c2)N2CCCC2)cc1. The van der Waals surface area contributed by atoms with Crippen LogP contribution in [0.5, 0.6) is 5.75 Å². The van der Waals surface area contributed by atoms with Crippen molar-refractivity contribution in [3.8, 4) is 5.75 Å². The first-order valence-corrected chi connectivity index (χ1v) is 8.32. The Hall–Kier alpha value is -1.85. The minimum Gasteiger partial charge on any atom is -0.497 e. The molecule has 1 aliphatic rings. The molecular weight excluding hydrogens is 288 g/mol. The molecule has 2 heterocycles. The fourth-order valence-corrected chi connectivity index (χ4v) is 3.25. The second-order valence-electron chi connectivity index (χ2n) is 6.19. The van der Waals surface area contributed by atoms with Gasteiger partial charge in [-0.1, -0.05) is 12.1 Å². The van der Waals surface area contributed by atoms with Crippen LogP contribution in [0.25, 0.3) is 0 Å². The number of likely N-dealkylation sites (tertiary alicyclic amines) is 1. The number of aromatic nitrogens is 2. The van der Waals surface area contributed by atoms with Gasteiger partial charge in [0.15, 0.2) is 0 Å². The number of methoxy groups -OCH3 is 1. The molecule has 0 bridgehead atoms. The van der Waals surface area contributed by atoms with Crippen molar-refractivity contribution in [1.82, 2.24) is 20.0 Å². The number of hydrogen-bond acceptors (Lipinski definition) is 4. The summed E-state index contributed by atoms with van der Waals surface area (Å²) in [5, 5.41) is 7.81. The third-order valence-electron chi connectivity index (χ3n) is 4.51. The minimum atomic E-state index is 0.417. The summed E-state index contributed by atoms with van der Waals surface area (Å²) in [6.07, 6.45) is 6.58. The van der Waals surface area contributed by atoms with E-state index in [2.05, 4.69) is 45.8 Å². The van der Waals surface area contributed by atoms with Crippen LogP contribution in [0.2, 0.25) is 0 Å². The van der Waals surface area contributed by atoms with Crippen LogP contribution in [0.1, 0.15) is 30.0 Å². The van der Waals surface area contributed by atoms with Crippen molar-refractivity contribution >= 4 is 0 Å². The van der Waals surface area contributed by atoms with E-state index < -0.39 is 0 Å². The topological polar surface area (TPSA) is 42.3 Å². The maximum absolute atomic E-state index is 5.28. The fourth-order valence-electron chi connectivity index (χ4n) is 3.25. The van der Waals surface area contributed by atoms with Gasteiger partial charge in [-0.05, 0) is 43.6 Å². The van der Waals surface area contributed by atoms with Crippen molar-refractivity contribution in [3.63, 3.8) is 0 Å². The summed E-state index contributed by atoms with van der Waals surface area (Å²) in [6, 6.07) is 8.90. The van der Waals surface area contributed by atoms with Gasteiger partial charge in [-0.2, -0.15) is 5.10 Å². The van der Waals surface area contributed by atoms with E-state index in [1.807, 2.05) is 17.9 Å². The fraction of sp³-hybridized carbons (Fsp3) is 0.500. The molecular formula is C18H26N4O. The molecule has 5 nitrogen and oxygen atoms in total. The van der Waals surface area contributed by atoms with Crippen LogP contribution in [-0.2, 0) is 13.6 Å². The summed E-state index contributed by atoms with van der Waals surface area (Å²) in [5.74, 6) is 0.914. The lowest BCUT2D eigenvalue weighted by Gasteiger charge is -2.28. The number of benzene rings is 1. The highest BCUT2D eigenvalue weighted by atomic mass is 16.5. The zero-order chi connectivity index (χ0) is 16.1. The molecule has 0 aliphatic carbocycles. The lowest BCUT2D eigenvalue weighted by molar-refractivity contribution is 0.238. The molecule has 124 valence electrons. The van der Waals surface area contributed by atoms with Gasteiger partial charge < -0.3 is 10.1 Å². The first kappa shape index (κ1) is 16.0. The average Bonchev–Trinajstić information content (AvgIpc) is 3.24. The minimum absolute atomic E-state index is 0.417. The van der Waals surface area contributed by atoms with Gasteiger partial charge in [0.2, 0.25) is 0 Å². The summed E-state index contributed by atoms with van der Waals surface area (Å²) >= 11 is 0. The summed E-state index contributed by atoms with van der Waals surface area (Å²) in [5.41, 5.74) is 2.58. The Kier molecular flexibility index (Phi) is 5.31. The molecule has 3 rings (SSSR count). The molecule has 23 heavy (non-hydrogen) atoms. The molecule has 1 fully saturated rings. The smallest absolute Gasteiger partial charge is 0.118 e. The molecule has 1 aliphatic heterocycles. The Morgan fingerprint density at radius 3 is 2.57 bits per heavy atom. The van der Waals surface area contributed by atoms with E-state index >= 15 is 0 Å². The van der Waals surface area contributed by atoms with Crippen LogP contribution in [0.4, 0.5) is 0 Å². The van der Waals surface area contributed by atoms with E-state index in [1.165, 1.54) is 37.1 Å². The number of hydrogen-bond donors (Lipinski definition) is 1. The van der Waals surface area contributed by atoms with E-state index in [0.717, 1.165) is 18.8 Å². The number of nitrogens with zero attached hydrogens (tertiary/aromatic N) is 3. The summed E-state index contributed by atoms with van der Waals surface area (Å²) < 4.78 is 7.12. The number of ether oxygens (including phenoxy) is 1. The Morgan fingerprint density at radius 1 is 1.22 bits per heavy atom. The predicted molar refractivity (Wildman–Crippen MR) is 91.5 cm³/mol. The molecule has 0 amide bonds. The van der Waals surface area contributed by atoms with Gasteiger partial charge in [0.1, 0.15) is 5.75 Å². The summed E-state index contributed by atoms with van der Waals surface area (Å²) in [7, 11) is 3.66. The van der Waals surface area contributed by atoms with Crippen molar-refractivity contribution in [2.24, 2.45) is 7.05 Å². The molecule has 1 unspecified atom stereocenters. The Morgan fingerprint density at radius 2 is 1.96 bits per heavy atom. The van der Waals surface area contributed by atoms with Gasteiger partial charge in [-0.15, -0.1) is 0 Å². The predicted octanol–water partition coefficient (Wildman–Crippen LogP) is 2.36. The second-order valence-corrected chi connectivity index (χ2v) is 6.19. The molecule has 1 saturated heterocycles. The Balaban J connectivity index is 1.65. The third kappa shape index (κ3) is 4.12. The van der Waals surface area contributed by atoms with Crippen LogP contribution in [0.15, 0.2) is 36.7 Å². The molecule has 1 aromatic heterocycles. The van der Waals surface area contributed by atoms with Gasteiger partial charge in [-0.3, -0.25) is 9.58 Å². The Bertz CT molecular complexity index is 602. The molecule has 1 atom stereocenters. The van der Waals surface area contributed by atoms with Crippen molar-refractivity contribution in [2.45, 2.75) is 25.4 Å². The molecule has 0 spiro atoms. The van der Waals surface area contributed by atoms with Crippen molar-refractivity contribution in [1.29, 1.82) is 0 Å². The molecule has 1 aromatic carbocycles. The van der Waals surface area contributed by atoms with Crippen LogP contribution in [-0.4, -0.2) is 41.4 Å². The first-order chi connectivity index (χ1) is 11.3. The van der Waals surface area contributed by atoms with Crippen molar-refractivity contribution in [3.05, 3.63) is 47.8 Å². The maximum Gasteiger partial charge on any atom is 0.118 e. The quantitative estimate of drug-likeness (QED) is 0.852. The monoisotopic (exact) mass is 314 g/mol. The van der Waals surface area contributed by atoms with Crippen LogP contribution >= 0.6 is 0 Å². The normalized spacial score (nSPS) is 16.6. The highest BCUT2D eigenvalue weighted by Crippen LogP contribution is 2.26. The Labute approximate surface area is 138 Å². The van der Waals surface area contributed by atoms with Gasteiger partial charge in [-0.25, -0.2) is 0 Å². The van der Waals surface area contributed by atoms with Gasteiger partial charge in [0, 0.05) is 37.9 Å². The third-order valence-corrected chi connectivity index (χ3v) is 4.51. The van der Waals surface area contributed by atoms with Crippen molar-refractivity contribution < 1.29 is 4.74 Å².